The molecular weight excluding hydrogens is 278 g/mol. The van der Waals surface area contributed by atoms with Crippen LogP contribution in [0.1, 0.15) is 17.5 Å². The molecule has 5 nitrogen and oxygen atoms in total. The lowest BCUT2D eigenvalue weighted by Gasteiger charge is -2.17. The van der Waals surface area contributed by atoms with Gasteiger partial charge in [0.1, 0.15) is 0 Å². The third-order valence-corrected chi connectivity index (χ3v) is 3.04. The smallest absolute Gasteiger partial charge is 0.243 e. The summed E-state index contributed by atoms with van der Waals surface area (Å²) in [5.41, 5.74) is 8.24. The molecule has 0 atom stereocenters. The number of carbonyl (C=O) groups is 2. The van der Waals surface area contributed by atoms with Gasteiger partial charge in [-0.15, -0.1) is 12.4 Å². The van der Waals surface area contributed by atoms with Crippen LogP contribution in [0.4, 0.5) is 5.69 Å². The Morgan fingerprint density at radius 1 is 1.30 bits per heavy atom. The van der Waals surface area contributed by atoms with Crippen molar-refractivity contribution >= 4 is 29.9 Å². The van der Waals surface area contributed by atoms with Gasteiger partial charge in [0.25, 0.3) is 0 Å². The van der Waals surface area contributed by atoms with E-state index in [0.29, 0.717) is 6.54 Å². The fraction of sp³-hybridized carbons (Fsp3) is 0.429. The molecule has 2 amide bonds. The summed E-state index contributed by atoms with van der Waals surface area (Å²) in [4.78, 5) is 24.8. The van der Waals surface area contributed by atoms with Gasteiger partial charge in [-0.25, -0.2) is 0 Å². The lowest BCUT2D eigenvalue weighted by Crippen LogP contribution is -2.35. The van der Waals surface area contributed by atoms with Crippen LogP contribution >= 0.6 is 12.4 Å². The number of anilines is 1. The molecule has 20 heavy (non-hydrogen) atoms. The topological polar surface area (TPSA) is 75.4 Å². The normalized spacial score (nSPS) is 9.60. The van der Waals surface area contributed by atoms with E-state index in [0.717, 1.165) is 16.8 Å². The first-order valence-corrected chi connectivity index (χ1v) is 6.25. The van der Waals surface area contributed by atoms with Crippen molar-refractivity contribution in [2.75, 3.05) is 25.5 Å². The minimum absolute atomic E-state index is 0. The van der Waals surface area contributed by atoms with E-state index in [9.17, 15) is 9.59 Å². The average Bonchev–Trinajstić information content (AvgIpc) is 2.35. The van der Waals surface area contributed by atoms with E-state index >= 15 is 0 Å². The molecule has 0 aliphatic rings. The molecule has 1 aromatic carbocycles. The number of halogens is 1. The summed E-state index contributed by atoms with van der Waals surface area (Å²) >= 11 is 0. The number of hydrogen-bond donors (Lipinski definition) is 2. The first-order chi connectivity index (χ1) is 8.95. The van der Waals surface area contributed by atoms with Crippen LogP contribution in [-0.2, 0) is 9.59 Å². The quantitative estimate of drug-likeness (QED) is 0.864. The first kappa shape index (κ1) is 18.4. The van der Waals surface area contributed by atoms with Crippen molar-refractivity contribution in [2.45, 2.75) is 20.3 Å². The van der Waals surface area contributed by atoms with Crippen molar-refractivity contribution in [1.29, 1.82) is 0 Å². The van der Waals surface area contributed by atoms with Crippen molar-refractivity contribution in [3.8, 4) is 0 Å². The van der Waals surface area contributed by atoms with Crippen molar-refractivity contribution < 1.29 is 9.59 Å². The number of benzene rings is 1. The Balaban J connectivity index is 0.00000361. The molecule has 0 fully saturated rings. The number of nitrogens with two attached hydrogens (primary N) is 1. The molecule has 3 N–H and O–H groups in total. The van der Waals surface area contributed by atoms with Crippen LogP contribution in [0.5, 0.6) is 0 Å². The summed E-state index contributed by atoms with van der Waals surface area (Å²) in [6, 6.07) is 5.73. The summed E-state index contributed by atoms with van der Waals surface area (Å²) in [7, 11) is 1.60. The van der Waals surface area contributed by atoms with E-state index in [2.05, 4.69) is 5.32 Å². The van der Waals surface area contributed by atoms with Gasteiger partial charge in [0.2, 0.25) is 11.8 Å². The minimum atomic E-state index is -0.207. The number of aryl methyl sites for hydroxylation is 1. The zero-order valence-electron chi connectivity index (χ0n) is 12.1. The minimum Gasteiger partial charge on any atom is -0.336 e. The summed E-state index contributed by atoms with van der Waals surface area (Å²) < 4.78 is 0. The van der Waals surface area contributed by atoms with E-state index < -0.39 is 0 Å². The van der Waals surface area contributed by atoms with Crippen LogP contribution < -0.4 is 11.1 Å². The predicted molar refractivity (Wildman–Crippen MR) is 83.1 cm³/mol. The maximum atomic E-state index is 11.9. The lowest BCUT2D eigenvalue weighted by molar-refractivity contribution is -0.133. The molecule has 1 rings (SSSR count). The Hall–Kier alpha value is -1.59. The fourth-order valence-corrected chi connectivity index (χ4v) is 1.69. The summed E-state index contributed by atoms with van der Waals surface area (Å²) in [5, 5.41) is 2.81. The molecule has 0 saturated carbocycles. The third-order valence-electron chi connectivity index (χ3n) is 3.04. The summed E-state index contributed by atoms with van der Waals surface area (Å²) in [6.07, 6.45) is 0.257. The number of hydrogen-bond acceptors (Lipinski definition) is 3. The van der Waals surface area contributed by atoms with E-state index in [-0.39, 0.29) is 37.2 Å². The van der Waals surface area contributed by atoms with Crippen LogP contribution in [0.3, 0.4) is 0 Å². The van der Waals surface area contributed by atoms with Crippen molar-refractivity contribution in [2.24, 2.45) is 5.73 Å². The Bertz CT molecular complexity index is 477. The van der Waals surface area contributed by atoms with Gasteiger partial charge in [0.15, 0.2) is 0 Å². The fourth-order valence-electron chi connectivity index (χ4n) is 1.69. The number of amides is 2. The molecular formula is C14H22ClN3O2. The van der Waals surface area contributed by atoms with Crippen LogP contribution in [0.2, 0.25) is 0 Å². The predicted octanol–water partition coefficient (Wildman–Crippen LogP) is 1.47. The number of likely N-dealkylation sites (N-methyl/N-ethyl adjacent to an activating group) is 1. The van der Waals surface area contributed by atoms with Gasteiger partial charge in [-0.1, -0.05) is 12.1 Å². The molecule has 0 bridgehead atoms. The molecule has 1 aromatic rings. The molecule has 0 saturated heterocycles. The second-order valence-electron chi connectivity index (χ2n) is 4.58. The summed E-state index contributed by atoms with van der Waals surface area (Å²) in [5.74, 6) is -0.333. The van der Waals surface area contributed by atoms with Crippen molar-refractivity contribution in [3.63, 3.8) is 0 Å². The largest absolute Gasteiger partial charge is 0.336 e. The second kappa shape index (κ2) is 8.55. The molecule has 6 heteroatoms. The zero-order valence-corrected chi connectivity index (χ0v) is 12.9. The van der Waals surface area contributed by atoms with E-state index in [1.165, 1.54) is 4.90 Å². The number of nitrogens with one attached hydrogen (secondary N) is 1. The highest BCUT2D eigenvalue weighted by Crippen LogP contribution is 2.17. The Kier molecular flexibility index (Phi) is 7.87. The molecule has 0 unspecified atom stereocenters. The second-order valence-corrected chi connectivity index (χ2v) is 4.58. The molecule has 0 heterocycles. The van der Waals surface area contributed by atoms with Gasteiger partial charge < -0.3 is 16.0 Å². The van der Waals surface area contributed by atoms with Gasteiger partial charge in [-0.2, -0.15) is 0 Å². The van der Waals surface area contributed by atoms with Gasteiger partial charge in [-0.05, 0) is 31.0 Å². The SMILES string of the molecule is Cc1cccc(NC(=O)CN(C)C(=O)CCN)c1C.Cl. The zero-order chi connectivity index (χ0) is 14.4. The third kappa shape index (κ3) is 5.19. The van der Waals surface area contributed by atoms with E-state index in [1.807, 2.05) is 32.0 Å². The molecule has 0 aliphatic carbocycles. The Labute approximate surface area is 125 Å². The number of rotatable bonds is 5. The van der Waals surface area contributed by atoms with Crippen molar-refractivity contribution in [3.05, 3.63) is 29.3 Å². The van der Waals surface area contributed by atoms with Crippen LogP contribution in [0.15, 0.2) is 18.2 Å². The average molecular weight is 300 g/mol. The molecule has 112 valence electrons. The monoisotopic (exact) mass is 299 g/mol. The van der Waals surface area contributed by atoms with Gasteiger partial charge in [0, 0.05) is 25.7 Å². The van der Waals surface area contributed by atoms with Gasteiger partial charge >= 0.3 is 0 Å². The molecule has 0 spiro atoms. The van der Waals surface area contributed by atoms with Crippen LogP contribution in [0.25, 0.3) is 0 Å². The van der Waals surface area contributed by atoms with Crippen LogP contribution in [0, 0.1) is 13.8 Å². The lowest BCUT2D eigenvalue weighted by atomic mass is 10.1. The molecule has 0 aliphatic heterocycles. The molecule has 0 aromatic heterocycles. The van der Waals surface area contributed by atoms with E-state index in [1.54, 1.807) is 7.05 Å². The Morgan fingerprint density at radius 3 is 2.55 bits per heavy atom. The number of nitrogens with zero attached hydrogens (tertiary/aromatic N) is 1. The number of carbonyl (C=O) groups excluding carboxylic acids is 2. The highest BCUT2D eigenvalue weighted by atomic mass is 35.5. The maximum Gasteiger partial charge on any atom is 0.243 e. The van der Waals surface area contributed by atoms with E-state index in [4.69, 9.17) is 5.73 Å². The molecule has 0 radical (unpaired) electrons. The van der Waals surface area contributed by atoms with Gasteiger partial charge in [-0.3, -0.25) is 9.59 Å². The first-order valence-electron chi connectivity index (χ1n) is 6.25. The highest BCUT2D eigenvalue weighted by Gasteiger charge is 2.13. The maximum absolute atomic E-state index is 11.9. The Morgan fingerprint density at radius 2 is 1.95 bits per heavy atom. The van der Waals surface area contributed by atoms with Crippen LogP contribution in [-0.4, -0.2) is 36.9 Å². The van der Waals surface area contributed by atoms with Crippen molar-refractivity contribution in [1.82, 2.24) is 4.90 Å². The highest BCUT2D eigenvalue weighted by molar-refractivity contribution is 5.95. The summed E-state index contributed by atoms with van der Waals surface area (Å²) in [6.45, 7) is 4.27. The van der Waals surface area contributed by atoms with Gasteiger partial charge in [0.05, 0.1) is 6.54 Å². The standard InChI is InChI=1S/C14H21N3O2.ClH/c1-10-5-4-6-12(11(10)2)16-13(18)9-17(3)14(19)7-8-15;/h4-6H,7-9,15H2,1-3H3,(H,16,18);1H.